The number of sulfone groups is 1. The maximum atomic E-state index is 12.1. The first-order valence-corrected chi connectivity index (χ1v) is 9.31. The molecule has 136 valence electrons. The molecule has 1 aromatic rings. The van der Waals surface area contributed by atoms with Crippen molar-refractivity contribution in [3.8, 4) is 0 Å². The average Bonchev–Trinajstić information content (AvgIpc) is 2.91. The van der Waals surface area contributed by atoms with E-state index in [4.69, 9.17) is 4.74 Å². The topological polar surface area (TPSA) is 124 Å². The first-order chi connectivity index (χ1) is 11.6. The third-order valence-corrected chi connectivity index (χ3v) is 5.87. The number of nitro groups is 1. The maximum absolute atomic E-state index is 12.1. The van der Waals surface area contributed by atoms with E-state index < -0.39 is 39.3 Å². The van der Waals surface area contributed by atoms with Crippen LogP contribution in [-0.2, 0) is 19.4 Å². The van der Waals surface area contributed by atoms with Gasteiger partial charge in [0.1, 0.15) is 0 Å². The van der Waals surface area contributed by atoms with Crippen LogP contribution in [0, 0.1) is 17.0 Å². The Bertz CT molecular complexity index is 819. The number of rotatable bonds is 5. The van der Waals surface area contributed by atoms with Crippen LogP contribution < -0.4 is 0 Å². The fourth-order valence-corrected chi connectivity index (χ4v) is 4.30. The molecule has 1 aliphatic rings. The molecule has 0 aliphatic carbocycles. The molecule has 0 radical (unpaired) electrons. The van der Waals surface area contributed by atoms with Gasteiger partial charge in [0.25, 0.3) is 11.6 Å². The fourth-order valence-electron chi connectivity index (χ4n) is 2.53. The minimum Gasteiger partial charge on any atom is -0.452 e. The molecule has 0 N–H and O–H groups in total. The predicted octanol–water partition coefficient (Wildman–Crippen LogP) is 0.706. The number of hydrogen-bond donors (Lipinski definition) is 0. The van der Waals surface area contributed by atoms with Crippen LogP contribution in [-0.4, -0.2) is 61.3 Å². The summed E-state index contributed by atoms with van der Waals surface area (Å²) >= 11 is 0. The maximum Gasteiger partial charge on any atom is 0.338 e. The quantitative estimate of drug-likeness (QED) is 0.424. The number of likely N-dealkylation sites (N-methyl/N-ethyl adjacent to an activating group) is 1. The van der Waals surface area contributed by atoms with Gasteiger partial charge in [-0.05, 0) is 19.4 Å². The lowest BCUT2D eigenvalue weighted by atomic mass is 10.1. The van der Waals surface area contributed by atoms with E-state index in [2.05, 4.69) is 0 Å². The summed E-state index contributed by atoms with van der Waals surface area (Å²) in [6.07, 6.45) is 0.350. The Morgan fingerprint density at radius 3 is 2.64 bits per heavy atom. The Morgan fingerprint density at radius 2 is 2.08 bits per heavy atom. The zero-order chi connectivity index (χ0) is 18.8. The largest absolute Gasteiger partial charge is 0.452 e. The molecule has 10 heteroatoms. The Morgan fingerprint density at radius 1 is 1.40 bits per heavy atom. The van der Waals surface area contributed by atoms with Gasteiger partial charge in [0.15, 0.2) is 16.4 Å². The summed E-state index contributed by atoms with van der Waals surface area (Å²) in [5, 5.41) is 10.9. The van der Waals surface area contributed by atoms with Gasteiger partial charge in [-0.2, -0.15) is 0 Å². The number of hydrogen-bond acceptors (Lipinski definition) is 7. The molecule has 2 rings (SSSR count). The molecule has 9 nitrogen and oxygen atoms in total. The van der Waals surface area contributed by atoms with E-state index >= 15 is 0 Å². The number of ether oxygens (including phenoxy) is 1. The Hall–Kier alpha value is -2.49. The van der Waals surface area contributed by atoms with Crippen molar-refractivity contribution >= 4 is 27.4 Å². The van der Waals surface area contributed by atoms with E-state index in [0.29, 0.717) is 12.0 Å². The van der Waals surface area contributed by atoms with Crippen molar-refractivity contribution in [2.75, 3.05) is 25.2 Å². The van der Waals surface area contributed by atoms with Crippen LogP contribution in [0.15, 0.2) is 18.2 Å². The summed E-state index contributed by atoms with van der Waals surface area (Å²) in [6, 6.07) is 3.46. The normalized spacial score (nSPS) is 18.6. The molecule has 1 saturated heterocycles. The van der Waals surface area contributed by atoms with Gasteiger partial charge in [0.05, 0.1) is 22.0 Å². The Balaban J connectivity index is 1.97. The highest BCUT2D eigenvalue weighted by atomic mass is 32.2. The van der Waals surface area contributed by atoms with Gasteiger partial charge in [-0.3, -0.25) is 14.9 Å². The molecule has 1 heterocycles. The summed E-state index contributed by atoms with van der Waals surface area (Å²) in [4.78, 5) is 35.6. The number of esters is 1. The molecule has 1 fully saturated rings. The standard InChI is InChI=1S/C15H18N2O7S/c1-10-3-4-11(7-13(10)17(20)21)15(19)24-8-14(18)16(2)12-5-6-25(22,23)9-12/h3-4,7,12H,5-6,8-9H2,1-2H3. The van der Waals surface area contributed by atoms with Crippen molar-refractivity contribution < 1.29 is 27.7 Å². The lowest BCUT2D eigenvalue weighted by Gasteiger charge is -2.23. The minimum absolute atomic E-state index is 0.0299. The monoisotopic (exact) mass is 370 g/mol. The van der Waals surface area contributed by atoms with Gasteiger partial charge >= 0.3 is 5.97 Å². The van der Waals surface area contributed by atoms with Crippen LogP contribution in [0.2, 0.25) is 0 Å². The van der Waals surface area contributed by atoms with Crippen LogP contribution in [0.3, 0.4) is 0 Å². The predicted molar refractivity (Wildman–Crippen MR) is 87.9 cm³/mol. The Kier molecular flexibility index (Phi) is 5.41. The molecular formula is C15H18N2O7S. The molecule has 0 spiro atoms. The molecule has 1 amide bonds. The molecule has 1 unspecified atom stereocenters. The molecule has 25 heavy (non-hydrogen) atoms. The number of aryl methyl sites for hydroxylation is 1. The number of carbonyl (C=O) groups is 2. The molecule has 0 aromatic heterocycles. The summed E-state index contributed by atoms with van der Waals surface area (Å²) in [6.45, 7) is 0.981. The van der Waals surface area contributed by atoms with Gasteiger partial charge < -0.3 is 9.64 Å². The van der Waals surface area contributed by atoms with Crippen LogP contribution in [0.5, 0.6) is 0 Å². The minimum atomic E-state index is -3.13. The molecule has 1 atom stereocenters. The van der Waals surface area contributed by atoms with Crippen molar-refractivity contribution in [1.82, 2.24) is 4.90 Å². The SMILES string of the molecule is Cc1ccc(C(=O)OCC(=O)N(C)C2CCS(=O)(=O)C2)cc1[N+](=O)[O-]. The van der Waals surface area contributed by atoms with Gasteiger partial charge in [0, 0.05) is 24.7 Å². The highest BCUT2D eigenvalue weighted by molar-refractivity contribution is 7.91. The molecule has 1 aromatic carbocycles. The van der Waals surface area contributed by atoms with E-state index in [1.807, 2.05) is 0 Å². The molecule has 0 bridgehead atoms. The molecular weight excluding hydrogens is 352 g/mol. The second kappa shape index (κ2) is 7.18. The average molecular weight is 370 g/mol. The first kappa shape index (κ1) is 18.8. The fraction of sp³-hybridized carbons (Fsp3) is 0.467. The molecule has 0 saturated carbocycles. The van der Waals surface area contributed by atoms with Crippen LogP contribution >= 0.6 is 0 Å². The number of amides is 1. The number of carbonyl (C=O) groups excluding carboxylic acids is 2. The van der Waals surface area contributed by atoms with E-state index in [9.17, 15) is 28.1 Å². The highest BCUT2D eigenvalue weighted by Gasteiger charge is 2.33. The molecule has 1 aliphatic heterocycles. The van der Waals surface area contributed by atoms with Crippen LogP contribution in [0.1, 0.15) is 22.3 Å². The van der Waals surface area contributed by atoms with Crippen molar-refractivity contribution in [2.24, 2.45) is 0 Å². The van der Waals surface area contributed by atoms with Gasteiger partial charge in [-0.15, -0.1) is 0 Å². The lowest BCUT2D eigenvalue weighted by Crippen LogP contribution is -2.40. The van der Waals surface area contributed by atoms with Gasteiger partial charge in [-0.25, -0.2) is 13.2 Å². The third-order valence-electron chi connectivity index (χ3n) is 4.12. The van der Waals surface area contributed by atoms with Gasteiger partial charge in [-0.1, -0.05) is 6.07 Å². The van der Waals surface area contributed by atoms with Crippen molar-refractivity contribution in [3.05, 3.63) is 39.4 Å². The second-order valence-electron chi connectivity index (χ2n) is 5.90. The smallest absolute Gasteiger partial charge is 0.338 e. The summed E-state index contributed by atoms with van der Waals surface area (Å²) < 4.78 is 27.8. The van der Waals surface area contributed by atoms with Crippen LogP contribution in [0.25, 0.3) is 0 Å². The van der Waals surface area contributed by atoms with E-state index in [0.717, 1.165) is 6.07 Å². The summed E-state index contributed by atoms with van der Waals surface area (Å²) in [7, 11) is -1.67. The third kappa shape index (κ3) is 4.53. The van der Waals surface area contributed by atoms with Gasteiger partial charge in [0.2, 0.25) is 0 Å². The highest BCUT2D eigenvalue weighted by Crippen LogP contribution is 2.20. The number of nitrogens with zero attached hydrogens (tertiary/aromatic N) is 2. The number of benzene rings is 1. The van der Waals surface area contributed by atoms with Crippen LogP contribution in [0.4, 0.5) is 5.69 Å². The van der Waals surface area contributed by atoms with E-state index in [1.165, 1.54) is 24.1 Å². The van der Waals surface area contributed by atoms with Crippen molar-refractivity contribution in [2.45, 2.75) is 19.4 Å². The summed E-state index contributed by atoms with van der Waals surface area (Å²) in [5.74, 6) is -1.46. The van der Waals surface area contributed by atoms with Crippen molar-refractivity contribution in [1.29, 1.82) is 0 Å². The zero-order valence-electron chi connectivity index (χ0n) is 13.8. The number of nitro benzene ring substituents is 1. The Labute approximate surface area is 144 Å². The summed E-state index contributed by atoms with van der Waals surface area (Å²) in [5.41, 5.74) is 0.157. The van der Waals surface area contributed by atoms with E-state index in [-0.39, 0.29) is 22.8 Å². The van der Waals surface area contributed by atoms with E-state index in [1.54, 1.807) is 6.92 Å². The lowest BCUT2D eigenvalue weighted by molar-refractivity contribution is -0.385. The second-order valence-corrected chi connectivity index (χ2v) is 8.12. The zero-order valence-corrected chi connectivity index (χ0v) is 14.6. The van der Waals surface area contributed by atoms with Crippen molar-refractivity contribution in [3.63, 3.8) is 0 Å². The first-order valence-electron chi connectivity index (χ1n) is 7.49.